The zero-order valence-electron chi connectivity index (χ0n) is 15.5. The lowest BCUT2D eigenvalue weighted by molar-refractivity contribution is -0.113. The van der Waals surface area contributed by atoms with E-state index < -0.39 is 0 Å². The number of hydrogen-bond acceptors (Lipinski definition) is 6. The maximum Gasteiger partial charge on any atom is 0.283 e. The Morgan fingerprint density at radius 3 is 2.57 bits per heavy atom. The summed E-state index contributed by atoms with van der Waals surface area (Å²) in [5.74, 6) is 2.01. The van der Waals surface area contributed by atoms with Crippen molar-refractivity contribution >= 4 is 46.6 Å². The molecule has 4 aromatic rings. The summed E-state index contributed by atoms with van der Waals surface area (Å²) < 4.78 is 10.9. The van der Waals surface area contributed by atoms with E-state index in [-0.39, 0.29) is 5.91 Å². The summed E-state index contributed by atoms with van der Waals surface area (Å²) in [6.07, 6.45) is 1.54. The number of anilines is 1. The molecule has 2 aromatic heterocycles. The molecule has 9 heteroatoms. The molecule has 0 unspecified atom stereocenters. The van der Waals surface area contributed by atoms with Gasteiger partial charge in [-0.3, -0.25) is 4.79 Å². The SMILES string of the molecule is O=C(CSCc1ccc(Cl)cc1Cl)Nc1ccc(-c2nnc(-c3ccco3)o2)cc1. The van der Waals surface area contributed by atoms with Crippen LogP contribution < -0.4 is 5.32 Å². The monoisotopic (exact) mass is 459 g/mol. The summed E-state index contributed by atoms with van der Waals surface area (Å²) in [6.45, 7) is 0. The Bertz CT molecular complexity index is 1140. The Labute approximate surface area is 186 Å². The average molecular weight is 460 g/mol. The Morgan fingerprint density at radius 2 is 1.83 bits per heavy atom. The molecule has 0 fully saturated rings. The van der Waals surface area contributed by atoms with E-state index in [0.29, 0.717) is 44.8 Å². The molecule has 1 amide bonds. The fourth-order valence-electron chi connectivity index (χ4n) is 2.63. The molecular formula is C21H15Cl2N3O3S. The van der Waals surface area contributed by atoms with Crippen molar-refractivity contribution < 1.29 is 13.6 Å². The number of carbonyl (C=O) groups excluding carboxylic acids is 1. The van der Waals surface area contributed by atoms with Gasteiger partial charge in [-0.1, -0.05) is 29.3 Å². The van der Waals surface area contributed by atoms with Crippen LogP contribution in [0, 0.1) is 0 Å². The number of aromatic nitrogens is 2. The third-order valence-corrected chi connectivity index (χ3v) is 5.65. The molecule has 0 spiro atoms. The van der Waals surface area contributed by atoms with Gasteiger partial charge in [-0.05, 0) is 54.1 Å². The molecule has 2 heterocycles. The van der Waals surface area contributed by atoms with Crippen molar-refractivity contribution in [1.82, 2.24) is 10.2 Å². The lowest BCUT2D eigenvalue weighted by atomic mass is 10.2. The van der Waals surface area contributed by atoms with Gasteiger partial charge in [0.25, 0.3) is 5.89 Å². The standard InChI is InChI=1S/C21H15Cl2N3O3S/c22-15-6-3-14(17(23)10-15)11-30-12-19(27)24-16-7-4-13(5-8-16)20-25-26-21(29-20)18-2-1-9-28-18/h1-10H,11-12H2,(H,24,27). The van der Waals surface area contributed by atoms with Gasteiger partial charge in [0.05, 0.1) is 12.0 Å². The molecule has 0 bridgehead atoms. The van der Waals surface area contributed by atoms with Gasteiger partial charge >= 0.3 is 0 Å². The summed E-state index contributed by atoms with van der Waals surface area (Å²) in [4.78, 5) is 12.2. The molecule has 152 valence electrons. The molecule has 0 saturated heterocycles. The quantitative estimate of drug-likeness (QED) is 0.355. The number of nitrogens with one attached hydrogen (secondary N) is 1. The Kier molecular flexibility index (Phi) is 6.42. The fourth-order valence-corrected chi connectivity index (χ4v) is 4.01. The van der Waals surface area contributed by atoms with Gasteiger partial charge in [-0.2, -0.15) is 0 Å². The molecule has 0 aliphatic rings. The van der Waals surface area contributed by atoms with Crippen LogP contribution in [0.5, 0.6) is 0 Å². The van der Waals surface area contributed by atoms with E-state index in [4.69, 9.17) is 32.0 Å². The first-order valence-corrected chi connectivity index (χ1v) is 10.8. The Balaban J connectivity index is 1.30. The van der Waals surface area contributed by atoms with Crippen molar-refractivity contribution in [1.29, 1.82) is 0 Å². The molecule has 6 nitrogen and oxygen atoms in total. The van der Waals surface area contributed by atoms with E-state index in [0.717, 1.165) is 11.1 Å². The zero-order valence-corrected chi connectivity index (χ0v) is 17.8. The highest BCUT2D eigenvalue weighted by molar-refractivity contribution is 7.99. The number of rotatable bonds is 7. The summed E-state index contributed by atoms with van der Waals surface area (Å²) in [5, 5.41) is 12.1. The van der Waals surface area contributed by atoms with Gasteiger partial charge in [0.15, 0.2) is 5.76 Å². The van der Waals surface area contributed by atoms with Crippen molar-refractivity contribution in [2.24, 2.45) is 0 Å². The van der Waals surface area contributed by atoms with E-state index >= 15 is 0 Å². The van der Waals surface area contributed by atoms with Crippen LogP contribution in [0.1, 0.15) is 5.56 Å². The topological polar surface area (TPSA) is 81.2 Å². The predicted octanol–water partition coefficient (Wildman–Crippen LogP) is 6.18. The third kappa shape index (κ3) is 5.05. The minimum atomic E-state index is -0.101. The third-order valence-electron chi connectivity index (χ3n) is 4.08. The van der Waals surface area contributed by atoms with Crippen LogP contribution in [0.2, 0.25) is 10.0 Å². The minimum Gasteiger partial charge on any atom is -0.459 e. The second-order valence-electron chi connectivity index (χ2n) is 6.24. The molecule has 2 aromatic carbocycles. The van der Waals surface area contributed by atoms with Crippen LogP contribution in [0.15, 0.2) is 69.7 Å². The number of furan rings is 1. The number of halogens is 2. The van der Waals surface area contributed by atoms with Gasteiger partial charge in [0.1, 0.15) is 0 Å². The Morgan fingerprint density at radius 1 is 1.03 bits per heavy atom. The summed E-state index contributed by atoms with van der Waals surface area (Å²) >= 11 is 13.5. The molecule has 0 radical (unpaired) electrons. The normalized spacial score (nSPS) is 10.9. The molecule has 0 aliphatic heterocycles. The van der Waals surface area contributed by atoms with Crippen LogP contribution in [0.25, 0.3) is 23.1 Å². The maximum atomic E-state index is 12.2. The van der Waals surface area contributed by atoms with Crippen molar-refractivity contribution in [2.75, 3.05) is 11.1 Å². The van der Waals surface area contributed by atoms with Crippen molar-refractivity contribution in [3.8, 4) is 23.1 Å². The molecule has 0 aliphatic carbocycles. The van der Waals surface area contributed by atoms with Gasteiger partial charge in [-0.25, -0.2) is 0 Å². The largest absolute Gasteiger partial charge is 0.459 e. The molecule has 1 N–H and O–H groups in total. The maximum absolute atomic E-state index is 12.2. The average Bonchev–Trinajstić information content (AvgIpc) is 3.42. The first-order chi connectivity index (χ1) is 14.6. The van der Waals surface area contributed by atoms with Gasteiger partial charge in [0.2, 0.25) is 11.8 Å². The van der Waals surface area contributed by atoms with Crippen molar-refractivity contribution in [3.05, 3.63) is 76.5 Å². The van der Waals surface area contributed by atoms with E-state index in [9.17, 15) is 4.79 Å². The van der Waals surface area contributed by atoms with Crippen molar-refractivity contribution in [2.45, 2.75) is 5.75 Å². The predicted molar refractivity (Wildman–Crippen MR) is 119 cm³/mol. The number of nitrogens with zero attached hydrogens (tertiary/aromatic N) is 2. The second-order valence-corrected chi connectivity index (χ2v) is 8.07. The number of benzene rings is 2. The number of amides is 1. The van der Waals surface area contributed by atoms with Crippen LogP contribution >= 0.6 is 35.0 Å². The second kappa shape index (κ2) is 9.38. The summed E-state index contributed by atoms with van der Waals surface area (Å²) in [5.41, 5.74) is 2.36. The minimum absolute atomic E-state index is 0.101. The highest BCUT2D eigenvalue weighted by atomic mass is 35.5. The van der Waals surface area contributed by atoms with Crippen LogP contribution in [0.3, 0.4) is 0 Å². The van der Waals surface area contributed by atoms with Crippen LogP contribution in [-0.4, -0.2) is 21.9 Å². The van der Waals surface area contributed by atoms with Gasteiger partial charge in [-0.15, -0.1) is 22.0 Å². The molecule has 4 rings (SSSR count). The van der Waals surface area contributed by atoms with Crippen LogP contribution in [0.4, 0.5) is 5.69 Å². The lowest BCUT2D eigenvalue weighted by Crippen LogP contribution is -2.14. The van der Waals surface area contributed by atoms with E-state index in [1.165, 1.54) is 11.8 Å². The Hall–Kier alpha value is -2.74. The van der Waals surface area contributed by atoms with Crippen LogP contribution in [-0.2, 0) is 10.5 Å². The van der Waals surface area contributed by atoms with Gasteiger partial charge in [0, 0.05) is 27.0 Å². The molecular weight excluding hydrogens is 445 g/mol. The number of carbonyl (C=O) groups is 1. The molecule has 30 heavy (non-hydrogen) atoms. The first kappa shape index (κ1) is 20.5. The highest BCUT2D eigenvalue weighted by Crippen LogP contribution is 2.26. The van der Waals surface area contributed by atoms with E-state index in [1.807, 2.05) is 6.07 Å². The smallest absolute Gasteiger partial charge is 0.283 e. The van der Waals surface area contributed by atoms with Crippen molar-refractivity contribution in [3.63, 3.8) is 0 Å². The zero-order chi connectivity index (χ0) is 20.9. The van der Waals surface area contributed by atoms with E-state index in [2.05, 4.69) is 15.5 Å². The number of hydrogen-bond donors (Lipinski definition) is 1. The summed E-state index contributed by atoms with van der Waals surface area (Å²) in [7, 11) is 0. The fraction of sp³-hybridized carbons (Fsp3) is 0.0952. The molecule has 0 saturated carbocycles. The molecule has 0 atom stereocenters. The lowest BCUT2D eigenvalue weighted by Gasteiger charge is -2.07. The first-order valence-electron chi connectivity index (χ1n) is 8.88. The van der Waals surface area contributed by atoms with E-state index in [1.54, 1.807) is 54.8 Å². The highest BCUT2D eigenvalue weighted by Gasteiger charge is 2.12. The van der Waals surface area contributed by atoms with Gasteiger partial charge < -0.3 is 14.2 Å². The summed E-state index contributed by atoms with van der Waals surface area (Å²) in [6, 6.07) is 16.0. The number of thioether (sulfide) groups is 1.